The fraction of sp³-hybridized carbons (Fsp3) is 0.579. The topological polar surface area (TPSA) is 84.7 Å². The van der Waals surface area contributed by atoms with Gasteiger partial charge in [0.25, 0.3) is 0 Å². The van der Waals surface area contributed by atoms with Crippen LogP contribution in [0.1, 0.15) is 49.3 Å². The summed E-state index contributed by atoms with van der Waals surface area (Å²) in [5, 5.41) is 10.8. The lowest BCUT2D eigenvalue weighted by Crippen LogP contribution is -2.35. The maximum absolute atomic E-state index is 12.2. The maximum atomic E-state index is 12.2. The van der Waals surface area contributed by atoms with Crippen LogP contribution < -0.4 is 10.6 Å². The number of nitrogens with zero attached hydrogens (tertiary/aromatic N) is 4. The first-order chi connectivity index (χ1) is 12.5. The molecule has 1 aliphatic rings. The summed E-state index contributed by atoms with van der Waals surface area (Å²) >= 11 is 0. The van der Waals surface area contributed by atoms with Crippen molar-refractivity contribution in [2.75, 3.05) is 18.4 Å². The molecule has 2 N–H and O–H groups in total. The Balaban J connectivity index is 1.55. The van der Waals surface area contributed by atoms with E-state index >= 15 is 0 Å². The number of nitrogens with one attached hydrogen (secondary N) is 2. The largest absolute Gasteiger partial charge is 0.368 e. The van der Waals surface area contributed by atoms with E-state index in [4.69, 9.17) is 0 Å². The molecule has 1 fully saturated rings. The standard InChI is InChI=1S/C19H28N6O/c1-13-11-14(2)25(24-13)18-12-17(22-15(3)23-18)20-9-10-21-19(26)16-7-5-4-6-8-16/h11-12,16H,4-10H2,1-3H3,(H,21,26)(H,20,22,23). The van der Waals surface area contributed by atoms with E-state index in [-0.39, 0.29) is 11.8 Å². The van der Waals surface area contributed by atoms with Crippen LogP contribution in [0, 0.1) is 26.7 Å². The summed E-state index contributed by atoms with van der Waals surface area (Å²) in [6, 6.07) is 3.90. The van der Waals surface area contributed by atoms with Crippen molar-refractivity contribution in [1.82, 2.24) is 25.1 Å². The normalized spacial score (nSPS) is 15.0. The highest BCUT2D eigenvalue weighted by Gasteiger charge is 2.20. The Morgan fingerprint density at radius 2 is 1.88 bits per heavy atom. The molecule has 2 heterocycles. The molecule has 0 saturated heterocycles. The number of amides is 1. The zero-order valence-electron chi connectivity index (χ0n) is 15.9. The Hall–Kier alpha value is -2.44. The Bertz CT molecular complexity index is 763. The molecule has 0 aliphatic heterocycles. The minimum Gasteiger partial charge on any atom is -0.368 e. The number of hydrogen-bond acceptors (Lipinski definition) is 5. The van der Waals surface area contributed by atoms with Gasteiger partial charge in [-0.3, -0.25) is 4.79 Å². The molecular weight excluding hydrogens is 328 g/mol. The van der Waals surface area contributed by atoms with E-state index in [2.05, 4.69) is 25.7 Å². The second-order valence-electron chi connectivity index (χ2n) is 7.05. The molecule has 3 rings (SSSR count). The van der Waals surface area contributed by atoms with Crippen molar-refractivity contribution >= 4 is 11.7 Å². The highest BCUT2D eigenvalue weighted by atomic mass is 16.1. The van der Waals surface area contributed by atoms with Crippen molar-refractivity contribution in [3.05, 3.63) is 29.3 Å². The SMILES string of the molecule is Cc1cc(C)n(-c2cc(NCCNC(=O)C3CCCCC3)nc(C)n2)n1. The fourth-order valence-corrected chi connectivity index (χ4v) is 3.50. The Labute approximate surface area is 154 Å². The molecule has 7 nitrogen and oxygen atoms in total. The molecule has 0 bridgehead atoms. The monoisotopic (exact) mass is 356 g/mol. The van der Waals surface area contributed by atoms with Gasteiger partial charge in [0.1, 0.15) is 11.6 Å². The van der Waals surface area contributed by atoms with Gasteiger partial charge in [-0.15, -0.1) is 0 Å². The van der Waals surface area contributed by atoms with Crippen LogP contribution in [0.5, 0.6) is 0 Å². The Morgan fingerprint density at radius 1 is 1.12 bits per heavy atom. The summed E-state index contributed by atoms with van der Waals surface area (Å²) in [6.45, 7) is 7.06. The van der Waals surface area contributed by atoms with Crippen molar-refractivity contribution in [3.63, 3.8) is 0 Å². The number of hydrogen-bond donors (Lipinski definition) is 2. The molecule has 0 unspecified atom stereocenters. The second kappa shape index (κ2) is 8.29. The lowest BCUT2D eigenvalue weighted by Gasteiger charge is -2.20. The highest BCUT2D eigenvalue weighted by molar-refractivity contribution is 5.78. The van der Waals surface area contributed by atoms with E-state index in [9.17, 15) is 4.79 Å². The molecule has 0 radical (unpaired) electrons. The zero-order chi connectivity index (χ0) is 18.5. The van der Waals surface area contributed by atoms with Gasteiger partial charge in [-0.05, 0) is 39.7 Å². The predicted molar refractivity (Wildman–Crippen MR) is 101 cm³/mol. The molecule has 1 amide bonds. The third-order valence-electron chi connectivity index (χ3n) is 4.76. The first-order valence-corrected chi connectivity index (χ1v) is 9.44. The quantitative estimate of drug-likeness (QED) is 0.778. The summed E-state index contributed by atoms with van der Waals surface area (Å²) in [7, 11) is 0. The highest BCUT2D eigenvalue weighted by Crippen LogP contribution is 2.23. The first kappa shape index (κ1) is 18.4. The number of carbonyl (C=O) groups excluding carboxylic acids is 1. The van der Waals surface area contributed by atoms with E-state index in [1.54, 1.807) is 0 Å². The molecule has 0 spiro atoms. The zero-order valence-corrected chi connectivity index (χ0v) is 15.9. The molecular formula is C19H28N6O. The van der Waals surface area contributed by atoms with Crippen molar-refractivity contribution in [3.8, 4) is 5.82 Å². The average molecular weight is 356 g/mol. The first-order valence-electron chi connectivity index (χ1n) is 9.44. The predicted octanol–water partition coefficient (Wildman–Crippen LogP) is 2.70. The smallest absolute Gasteiger partial charge is 0.223 e. The van der Waals surface area contributed by atoms with E-state index in [0.29, 0.717) is 18.9 Å². The molecule has 1 aliphatic carbocycles. The third kappa shape index (κ3) is 4.59. The number of rotatable bonds is 6. The van der Waals surface area contributed by atoms with Crippen LogP contribution in [-0.2, 0) is 4.79 Å². The van der Waals surface area contributed by atoms with Crippen LogP contribution in [-0.4, -0.2) is 38.7 Å². The van der Waals surface area contributed by atoms with E-state index < -0.39 is 0 Å². The lowest BCUT2D eigenvalue weighted by atomic mass is 9.89. The maximum Gasteiger partial charge on any atom is 0.223 e. The fourth-order valence-electron chi connectivity index (χ4n) is 3.50. The minimum atomic E-state index is 0.189. The van der Waals surface area contributed by atoms with E-state index in [0.717, 1.165) is 35.9 Å². The number of anilines is 1. The molecule has 0 aromatic carbocycles. The minimum absolute atomic E-state index is 0.189. The second-order valence-corrected chi connectivity index (χ2v) is 7.05. The van der Waals surface area contributed by atoms with E-state index in [1.165, 1.54) is 19.3 Å². The molecule has 0 atom stereocenters. The Morgan fingerprint density at radius 3 is 2.58 bits per heavy atom. The molecule has 7 heteroatoms. The van der Waals surface area contributed by atoms with Crippen LogP contribution in [0.3, 0.4) is 0 Å². The molecule has 2 aromatic heterocycles. The summed E-state index contributed by atoms with van der Waals surface area (Å²) in [5.41, 5.74) is 1.99. The third-order valence-corrected chi connectivity index (χ3v) is 4.76. The van der Waals surface area contributed by atoms with Gasteiger partial charge >= 0.3 is 0 Å². The van der Waals surface area contributed by atoms with Crippen molar-refractivity contribution in [2.24, 2.45) is 5.92 Å². The van der Waals surface area contributed by atoms with Crippen molar-refractivity contribution in [1.29, 1.82) is 0 Å². The van der Waals surface area contributed by atoms with Gasteiger partial charge in [-0.1, -0.05) is 19.3 Å². The molecule has 26 heavy (non-hydrogen) atoms. The number of carbonyl (C=O) groups is 1. The average Bonchev–Trinajstić information content (AvgIpc) is 2.97. The summed E-state index contributed by atoms with van der Waals surface area (Å²) in [4.78, 5) is 21.1. The van der Waals surface area contributed by atoms with Gasteiger partial charge in [0, 0.05) is 30.8 Å². The van der Waals surface area contributed by atoms with Crippen LogP contribution >= 0.6 is 0 Å². The molecule has 140 valence electrons. The van der Waals surface area contributed by atoms with Gasteiger partial charge in [0.15, 0.2) is 5.82 Å². The number of aryl methyl sites for hydroxylation is 3. The summed E-state index contributed by atoms with van der Waals surface area (Å²) in [5.74, 6) is 2.56. The van der Waals surface area contributed by atoms with Crippen LogP contribution in [0.4, 0.5) is 5.82 Å². The summed E-state index contributed by atoms with van der Waals surface area (Å²) in [6.07, 6.45) is 5.65. The van der Waals surface area contributed by atoms with Crippen molar-refractivity contribution in [2.45, 2.75) is 52.9 Å². The Kier molecular flexibility index (Phi) is 5.85. The van der Waals surface area contributed by atoms with Crippen LogP contribution in [0.2, 0.25) is 0 Å². The summed E-state index contributed by atoms with van der Waals surface area (Å²) < 4.78 is 1.82. The van der Waals surface area contributed by atoms with Gasteiger partial charge < -0.3 is 10.6 Å². The lowest BCUT2D eigenvalue weighted by molar-refractivity contribution is -0.125. The van der Waals surface area contributed by atoms with Gasteiger partial charge in [0.2, 0.25) is 5.91 Å². The molecule has 2 aromatic rings. The van der Waals surface area contributed by atoms with Gasteiger partial charge in [-0.25, -0.2) is 14.6 Å². The molecule has 1 saturated carbocycles. The van der Waals surface area contributed by atoms with Gasteiger partial charge in [-0.2, -0.15) is 5.10 Å². The van der Waals surface area contributed by atoms with Crippen molar-refractivity contribution < 1.29 is 4.79 Å². The number of aromatic nitrogens is 4. The van der Waals surface area contributed by atoms with Crippen LogP contribution in [0.15, 0.2) is 12.1 Å². The van der Waals surface area contributed by atoms with E-state index in [1.807, 2.05) is 37.6 Å². The van der Waals surface area contributed by atoms with Gasteiger partial charge in [0.05, 0.1) is 5.69 Å². The van der Waals surface area contributed by atoms with Crippen LogP contribution in [0.25, 0.3) is 5.82 Å².